The zero-order valence-corrected chi connectivity index (χ0v) is 20.8. The van der Waals surface area contributed by atoms with E-state index in [2.05, 4.69) is 10.6 Å². The van der Waals surface area contributed by atoms with Crippen molar-refractivity contribution in [1.29, 1.82) is 0 Å². The highest BCUT2D eigenvalue weighted by atomic mass is 127. The fourth-order valence-electron chi connectivity index (χ4n) is 4.08. The van der Waals surface area contributed by atoms with Crippen molar-refractivity contribution >= 4 is 40.0 Å². The lowest BCUT2D eigenvalue weighted by Gasteiger charge is -2.33. The number of alkyl halides is 3. The molecule has 1 heterocycles. The Morgan fingerprint density at radius 3 is 2.33 bits per heavy atom. The van der Waals surface area contributed by atoms with Gasteiger partial charge in [0.15, 0.2) is 5.96 Å². The summed E-state index contributed by atoms with van der Waals surface area (Å²) in [4.78, 5) is 4.75. The first-order valence-corrected chi connectivity index (χ1v) is 11.7. The Labute approximate surface area is 194 Å². The van der Waals surface area contributed by atoms with E-state index in [-0.39, 0.29) is 48.5 Å². The number of hydrogen-bond donors (Lipinski definition) is 2. The molecule has 0 aromatic carbocycles. The van der Waals surface area contributed by atoms with Crippen molar-refractivity contribution in [2.75, 3.05) is 39.9 Å². The maximum atomic E-state index is 12.7. The van der Waals surface area contributed by atoms with Crippen LogP contribution in [-0.2, 0) is 14.8 Å². The van der Waals surface area contributed by atoms with Crippen LogP contribution < -0.4 is 10.6 Å². The minimum Gasteiger partial charge on any atom is -0.385 e. The summed E-state index contributed by atoms with van der Waals surface area (Å²) in [5.41, 5.74) is -5.11. The maximum absolute atomic E-state index is 12.7. The van der Waals surface area contributed by atoms with Gasteiger partial charge in [-0.3, -0.25) is 4.99 Å². The largest absolute Gasteiger partial charge is 0.511 e. The summed E-state index contributed by atoms with van der Waals surface area (Å²) in [5, 5.41) is 6.46. The monoisotopic (exact) mass is 570 g/mol. The Morgan fingerprint density at radius 2 is 1.83 bits per heavy atom. The van der Waals surface area contributed by atoms with Gasteiger partial charge in [0.25, 0.3) is 0 Å². The van der Waals surface area contributed by atoms with Gasteiger partial charge in [-0.05, 0) is 44.4 Å². The number of methoxy groups -OCH3 is 1. The highest BCUT2D eigenvalue weighted by Gasteiger charge is 2.50. The summed E-state index contributed by atoms with van der Waals surface area (Å²) in [5.74, 6) is 0.633. The molecule has 0 bridgehead atoms. The van der Waals surface area contributed by atoms with Crippen molar-refractivity contribution in [2.45, 2.75) is 63.4 Å². The molecule has 2 rings (SSSR count). The van der Waals surface area contributed by atoms with Crippen LogP contribution in [0.25, 0.3) is 0 Å². The second-order valence-corrected chi connectivity index (χ2v) is 9.84. The van der Waals surface area contributed by atoms with Gasteiger partial charge in [0, 0.05) is 45.9 Å². The Hall–Kier alpha value is -0.340. The number of nitrogens with one attached hydrogen (secondary N) is 2. The van der Waals surface area contributed by atoms with Crippen LogP contribution in [0.15, 0.2) is 4.99 Å². The standard InChI is InChI=1S/C18H33F3N4O3S.HI/c1-3-22-16(23-14-17(10-13-28-2)8-4-5-9-17)24-15-6-11-25(12-7-15)29(26,27)18(19,20)21;/h15H,3-14H2,1-2H3,(H2,22,23,24);1H. The molecule has 178 valence electrons. The number of ether oxygens (including phenoxy) is 1. The van der Waals surface area contributed by atoms with E-state index < -0.39 is 15.5 Å². The summed E-state index contributed by atoms with van der Waals surface area (Å²) in [6.45, 7) is 3.68. The van der Waals surface area contributed by atoms with Crippen molar-refractivity contribution in [2.24, 2.45) is 10.4 Å². The Morgan fingerprint density at radius 1 is 1.23 bits per heavy atom. The lowest BCUT2D eigenvalue weighted by molar-refractivity contribution is -0.0494. The molecule has 0 radical (unpaired) electrons. The molecule has 2 fully saturated rings. The second-order valence-electron chi connectivity index (χ2n) is 7.91. The summed E-state index contributed by atoms with van der Waals surface area (Å²) in [7, 11) is -3.55. The SMILES string of the molecule is CCNC(=NCC1(CCOC)CCCC1)NC1CCN(S(=O)(=O)C(F)(F)F)CC1.I. The van der Waals surface area contributed by atoms with Crippen LogP contribution in [0.1, 0.15) is 51.9 Å². The van der Waals surface area contributed by atoms with Gasteiger partial charge in [-0.15, -0.1) is 24.0 Å². The molecule has 12 heteroatoms. The fraction of sp³-hybridized carbons (Fsp3) is 0.944. The molecule has 0 aromatic rings. The van der Waals surface area contributed by atoms with Crippen LogP contribution >= 0.6 is 24.0 Å². The molecule has 0 atom stereocenters. The molecule has 1 saturated heterocycles. The first-order chi connectivity index (χ1) is 13.6. The molecule has 2 N–H and O–H groups in total. The number of halogens is 4. The number of nitrogens with zero attached hydrogens (tertiary/aromatic N) is 2. The van der Waals surface area contributed by atoms with Crippen molar-refractivity contribution in [3.8, 4) is 0 Å². The van der Waals surface area contributed by atoms with Gasteiger partial charge in [-0.2, -0.15) is 17.5 Å². The number of hydrogen-bond acceptors (Lipinski definition) is 4. The molecule has 1 saturated carbocycles. The smallest absolute Gasteiger partial charge is 0.385 e. The number of rotatable bonds is 8. The Balaban J connectivity index is 0.00000450. The average Bonchev–Trinajstić information content (AvgIpc) is 3.13. The molecule has 1 aliphatic heterocycles. The van der Waals surface area contributed by atoms with Crippen LogP contribution in [0, 0.1) is 5.41 Å². The molecular formula is C18H34F3IN4O3S. The first-order valence-electron chi connectivity index (χ1n) is 10.2. The molecule has 0 amide bonds. The maximum Gasteiger partial charge on any atom is 0.511 e. The third kappa shape index (κ3) is 7.37. The van der Waals surface area contributed by atoms with Crippen LogP contribution in [-0.4, -0.2) is 70.1 Å². The lowest BCUT2D eigenvalue weighted by atomic mass is 9.83. The zero-order chi connectivity index (χ0) is 21.5. The van der Waals surface area contributed by atoms with Crippen LogP contribution in [0.4, 0.5) is 13.2 Å². The number of sulfonamides is 1. The van der Waals surface area contributed by atoms with Gasteiger partial charge in [0.2, 0.25) is 0 Å². The van der Waals surface area contributed by atoms with E-state index >= 15 is 0 Å². The lowest BCUT2D eigenvalue weighted by Crippen LogP contribution is -2.51. The molecule has 0 spiro atoms. The summed E-state index contributed by atoms with van der Waals surface area (Å²) in [6.07, 6.45) is 6.17. The predicted octanol–water partition coefficient (Wildman–Crippen LogP) is 3.07. The second kappa shape index (κ2) is 12.0. The Kier molecular flexibility index (Phi) is 11.1. The molecular weight excluding hydrogens is 536 g/mol. The van der Waals surface area contributed by atoms with E-state index in [1.165, 1.54) is 12.8 Å². The molecule has 30 heavy (non-hydrogen) atoms. The minimum absolute atomic E-state index is 0. The van der Waals surface area contributed by atoms with Gasteiger partial charge in [0.1, 0.15) is 0 Å². The third-order valence-corrected chi connectivity index (χ3v) is 7.47. The number of piperidine rings is 1. The van der Waals surface area contributed by atoms with Crippen molar-refractivity contribution in [3.05, 3.63) is 0 Å². The predicted molar refractivity (Wildman–Crippen MR) is 121 cm³/mol. The van der Waals surface area contributed by atoms with E-state index in [0.717, 1.165) is 19.3 Å². The summed E-state index contributed by atoms with van der Waals surface area (Å²) in [6, 6.07) is -0.119. The van der Waals surface area contributed by atoms with Crippen LogP contribution in [0.3, 0.4) is 0 Å². The highest BCUT2D eigenvalue weighted by molar-refractivity contribution is 14.0. The van der Waals surface area contributed by atoms with Crippen molar-refractivity contribution < 1.29 is 26.3 Å². The Bertz CT molecular complexity index is 648. The van der Waals surface area contributed by atoms with Gasteiger partial charge in [-0.25, -0.2) is 8.42 Å². The molecule has 0 unspecified atom stereocenters. The summed E-state index contributed by atoms with van der Waals surface area (Å²) < 4.78 is 67.0. The minimum atomic E-state index is -5.25. The van der Waals surface area contributed by atoms with Crippen molar-refractivity contribution in [3.63, 3.8) is 0 Å². The van der Waals surface area contributed by atoms with E-state index in [1.807, 2.05) is 6.92 Å². The van der Waals surface area contributed by atoms with E-state index in [9.17, 15) is 21.6 Å². The van der Waals surface area contributed by atoms with E-state index in [4.69, 9.17) is 9.73 Å². The van der Waals surface area contributed by atoms with E-state index in [0.29, 0.717) is 42.8 Å². The van der Waals surface area contributed by atoms with E-state index in [1.54, 1.807) is 7.11 Å². The quantitative estimate of drug-likeness (QED) is 0.267. The number of guanidine groups is 1. The zero-order valence-electron chi connectivity index (χ0n) is 17.6. The molecule has 0 aromatic heterocycles. The third-order valence-electron chi connectivity index (χ3n) is 5.84. The molecule has 1 aliphatic carbocycles. The normalized spacial score (nSPS) is 21.3. The summed E-state index contributed by atoms with van der Waals surface area (Å²) >= 11 is 0. The van der Waals surface area contributed by atoms with Gasteiger partial charge < -0.3 is 15.4 Å². The fourth-order valence-corrected chi connectivity index (χ4v) is 5.06. The number of aliphatic imine (C=N–C) groups is 1. The molecule has 7 nitrogen and oxygen atoms in total. The van der Waals surface area contributed by atoms with Gasteiger partial charge >= 0.3 is 15.5 Å². The topological polar surface area (TPSA) is 83.0 Å². The first kappa shape index (κ1) is 27.7. The van der Waals surface area contributed by atoms with Gasteiger partial charge in [-0.1, -0.05) is 12.8 Å². The van der Waals surface area contributed by atoms with Gasteiger partial charge in [0.05, 0.1) is 0 Å². The van der Waals surface area contributed by atoms with Crippen molar-refractivity contribution in [1.82, 2.24) is 14.9 Å². The average molecular weight is 570 g/mol. The highest BCUT2D eigenvalue weighted by Crippen LogP contribution is 2.41. The van der Waals surface area contributed by atoms with Crippen LogP contribution in [0.2, 0.25) is 0 Å². The van der Waals surface area contributed by atoms with Crippen LogP contribution in [0.5, 0.6) is 0 Å². The molecule has 2 aliphatic rings.